The van der Waals surface area contributed by atoms with Crippen molar-refractivity contribution in [3.8, 4) is 23.3 Å². The maximum absolute atomic E-state index is 13.9. The van der Waals surface area contributed by atoms with Gasteiger partial charge in [-0.15, -0.1) is 6.42 Å². The predicted molar refractivity (Wildman–Crippen MR) is 126 cm³/mol. The highest BCUT2D eigenvalue weighted by atomic mass is 31.2. The van der Waals surface area contributed by atoms with Gasteiger partial charge < -0.3 is 14.7 Å². The molecule has 0 saturated heterocycles. The van der Waals surface area contributed by atoms with E-state index < -0.39 is 30.4 Å². The normalized spacial score (nSPS) is 16.1. The van der Waals surface area contributed by atoms with Crippen molar-refractivity contribution in [1.82, 2.24) is 4.98 Å². The molecule has 1 heterocycles. The number of aromatic nitrogens is 1. The third-order valence-corrected chi connectivity index (χ3v) is 8.40. The number of rotatable bonds is 7. The fourth-order valence-electron chi connectivity index (χ4n) is 4.35. The summed E-state index contributed by atoms with van der Waals surface area (Å²) in [6.45, 7) is 4.91. The van der Waals surface area contributed by atoms with Crippen LogP contribution in [0.4, 0.5) is 4.39 Å². The smallest absolute Gasteiger partial charge is 0.327 e. The summed E-state index contributed by atoms with van der Waals surface area (Å²) in [7, 11) is -3.44. The second kappa shape index (κ2) is 9.07. The average Bonchev–Trinajstić information content (AvgIpc) is 2.78. The molecular formula is C25H25FNO5P. The molecule has 0 aliphatic carbocycles. The van der Waals surface area contributed by atoms with Gasteiger partial charge in [-0.1, -0.05) is 32.0 Å². The molecule has 1 aromatic heterocycles. The van der Waals surface area contributed by atoms with Gasteiger partial charge >= 0.3 is 5.97 Å². The molecule has 0 radical (unpaired) electrons. The number of para-hydroxylation sites is 1. The summed E-state index contributed by atoms with van der Waals surface area (Å²) in [5.41, 5.74) is 3.61. The van der Waals surface area contributed by atoms with Gasteiger partial charge in [0.25, 0.3) is 7.37 Å². The van der Waals surface area contributed by atoms with E-state index in [9.17, 15) is 24.0 Å². The first-order valence-electron chi connectivity index (χ1n) is 10.3. The molecule has 0 amide bonds. The second-order valence-electron chi connectivity index (χ2n) is 8.04. The van der Waals surface area contributed by atoms with Gasteiger partial charge in [-0.25, -0.2) is 9.37 Å². The molecule has 0 saturated carbocycles. The van der Waals surface area contributed by atoms with Crippen LogP contribution < -0.4 is 0 Å². The standard InChI is InChI=1S/C25H25FNO5P/c1-6-33(31,32-5)25(16(4)28,24(29)30)22-21(15(2)3)19-9-7-8-10-20(19)27-23(22)17-11-13-18(26)14-12-17/h1,7-16,28H,2-5H3,(H,29,30). The molecule has 2 aromatic carbocycles. The van der Waals surface area contributed by atoms with Crippen LogP contribution >= 0.6 is 7.37 Å². The Morgan fingerprint density at radius 3 is 2.27 bits per heavy atom. The lowest BCUT2D eigenvalue weighted by atomic mass is 9.80. The lowest BCUT2D eigenvalue weighted by Gasteiger charge is -2.39. The Kier molecular flexibility index (Phi) is 6.76. The van der Waals surface area contributed by atoms with Crippen molar-refractivity contribution in [2.24, 2.45) is 0 Å². The minimum absolute atomic E-state index is 0.00607. The molecule has 172 valence electrons. The summed E-state index contributed by atoms with van der Waals surface area (Å²) in [4.78, 5) is 17.7. The van der Waals surface area contributed by atoms with E-state index in [0.29, 0.717) is 22.0 Å². The lowest BCUT2D eigenvalue weighted by Crippen LogP contribution is -2.46. The molecule has 0 fully saturated rings. The number of terminal acetylenes is 1. The Morgan fingerprint density at radius 2 is 1.79 bits per heavy atom. The Morgan fingerprint density at radius 1 is 1.18 bits per heavy atom. The number of hydrogen-bond donors (Lipinski definition) is 2. The van der Waals surface area contributed by atoms with Crippen LogP contribution in [0.2, 0.25) is 0 Å². The van der Waals surface area contributed by atoms with Crippen molar-refractivity contribution in [3.05, 3.63) is 65.5 Å². The molecule has 3 rings (SSSR count). The van der Waals surface area contributed by atoms with Crippen molar-refractivity contribution in [1.29, 1.82) is 0 Å². The van der Waals surface area contributed by atoms with Gasteiger partial charge in [0.2, 0.25) is 5.16 Å². The molecule has 0 spiro atoms. The zero-order valence-electron chi connectivity index (χ0n) is 18.7. The first kappa shape index (κ1) is 24.6. The third-order valence-electron chi connectivity index (χ3n) is 5.83. The number of aliphatic carboxylic acids is 1. The number of carbonyl (C=O) groups is 1. The molecule has 0 bridgehead atoms. The SMILES string of the molecule is C#CP(=O)(OC)C(C(=O)O)(c1c(-c2ccc(F)cc2)nc2ccccc2c1C(C)C)C(C)O. The average molecular weight is 469 g/mol. The first-order chi connectivity index (χ1) is 15.5. The maximum atomic E-state index is 13.9. The van der Waals surface area contributed by atoms with Crippen molar-refractivity contribution in [3.63, 3.8) is 0 Å². The van der Waals surface area contributed by atoms with Crippen LogP contribution in [0.1, 0.15) is 37.8 Å². The number of carboxylic acid groups (broad SMARTS) is 1. The van der Waals surface area contributed by atoms with E-state index in [4.69, 9.17) is 10.9 Å². The number of halogens is 1. The minimum Gasteiger partial charge on any atom is -0.480 e. The zero-order valence-corrected chi connectivity index (χ0v) is 19.6. The Labute approximate surface area is 191 Å². The first-order valence-corrected chi connectivity index (χ1v) is 11.9. The van der Waals surface area contributed by atoms with E-state index >= 15 is 0 Å². The Balaban J connectivity index is 2.71. The highest BCUT2D eigenvalue weighted by Crippen LogP contribution is 2.67. The summed E-state index contributed by atoms with van der Waals surface area (Å²) in [5.74, 6) is -2.38. The van der Waals surface area contributed by atoms with Crippen molar-refractivity contribution >= 4 is 24.2 Å². The van der Waals surface area contributed by atoms with Gasteiger partial charge in [-0.05, 0) is 54.4 Å². The number of fused-ring (bicyclic) bond motifs is 1. The van der Waals surface area contributed by atoms with Gasteiger partial charge in [-0.2, -0.15) is 0 Å². The largest absolute Gasteiger partial charge is 0.480 e. The van der Waals surface area contributed by atoms with Gasteiger partial charge in [0.15, 0.2) is 0 Å². The number of nitrogens with zero attached hydrogens (tertiary/aromatic N) is 1. The summed E-state index contributed by atoms with van der Waals surface area (Å²) in [6.07, 6.45) is 3.86. The Hall–Kier alpha value is -3.04. The fraction of sp³-hybridized carbons (Fsp3) is 0.280. The number of pyridine rings is 1. The van der Waals surface area contributed by atoms with Gasteiger partial charge in [-0.3, -0.25) is 9.36 Å². The minimum atomic E-state index is -4.49. The topological polar surface area (TPSA) is 96.7 Å². The summed E-state index contributed by atoms with van der Waals surface area (Å²) < 4.78 is 32.8. The maximum Gasteiger partial charge on any atom is 0.327 e. The summed E-state index contributed by atoms with van der Waals surface area (Å²) in [5, 5.41) is 19.6. The quantitative estimate of drug-likeness (QED) is 0.358. The molecule has 2 N–H and O–H groups in total. The highest BCUT2D eigenvalue weighted by Gasteiger charge is 2.62. The molecule has 0 aliphatic heterocycles. The predicted octanol–water partition coefficient (Wildman–Crippen LogP) is 5.34. The number of benzene rings is 2. The van der Waals surface area contributed by atoms with Gasteiger partial charge in [0, 0.05) is 23.6 Å². The van der Waals surface area contributed by atoms with E-state index in [1.165, 1.54) is 31.2 Å². The zero-order chi connectivity index (χ0) is 24.6. The summed E-state index contributed by atoms with van der Waals surface area (Å²) >= 11 is 0. The number of carboxylic acids is 1. The number of hydrogen-bond acceptors (Lipinski definition) is 5. The monoisotopic (exact) mass is 469 g/mol. The van der Waals surface area contributed by atoms with Crippen LogP contribution in [0.5, 0.6) is 0 Å². The van der Waals surface area contributed by atoms with Crippen LogP contribution in [0.3, 0.4) is 0 Å². The van der Waals surface area contributed by atoms with Crippen LogP contribution in [0, 0.1) is 17.9 Å². The van der Waals surface area contributed by atoms with Crippen molar-refractivity contribution < 1.29 is 28.5 Å². The second-order valence-corrected chi connectivity index (χ2v) is 10.5. The molecule has 8 heteroatoms. The Bertz CT molecular complexity index is 1300. The molecule has 33 heavy (non-hydrogen) atoms. The molecule has 3 unspecified atom stereocenters. The van der Waals surface area contributed by atoms with Crippen LogP contribution in [-0.4, -0.2) is 34.4 Å². The summed E-state index contributed by atoms with van der Waals surface area (Å²) in [6, 6.07) is 12.4. The molecular weight excluding hydrogens is 444 g/mol. The lowest BCUT2D eigenvalue weighted by molar-refractivity contribution is -0.144. The van der Waals surface area contributed by atoms with E-state index in [1.54, 1.807) is 24.3 Å². The number of aliphatic hydroxyl groups excluding tert-OH is 1. The van der Waals surface area contributed by atoms with E-state index in [1.807, 2.05) is 19.5 Å². The molecule has 3 atom stereocenters. The molecule has 6 nitrogen and oxygen atoms in total. The van der Waals surface area contributed by atoms with Crippen LogP contribution in [0.25, 0.3) is 22.2 Å². The number of aliphatic hydroxyl groups is 1. The van der Waals surface area contributed by atoms with Gasteiger partial charge in [0.05, 0.1) is 17.3 Å². The van der Waals surface area contributed by atoms with E-state index in [0.717, 1.165) is 7.11 Å². The highest BCUT2D eigenvalue weighted by molar-refractivity contribution is 7.66. The van der Waals surface area contributed by atoms with E-state index in [2.05, 4.69) is 4.98 Å². The van der Waals surface area contributed by atoms with Gasteiger partial charge in [0.1, 0.15) is 5.82 Å². The third kappa shape index (κ3) is 3.75. The fourth-order valence-corrected chi connectivity index (χ4v) is 6.21. The van der Waals surface area contributed by atoms with Crippen LogP contribution in [0.15, 0.2) is 48.5 Å². The van der Waals surface area contributed by atoms with Crippen molar-refractivity contribution in [2.45, 2.75) is 37.9 Å². The van der Waals surface area contributed by atoms with Crippen molar-refractivity contribution in [2.75, 3.05) is 7.11 Å². The van der Waals surface area contributed by atoms with E-state index in [-0.39, 0.29) is 17.2 Å². The molecule has 3 aromatic rings. The molecule has 0 aliphatic rings. The van der Waals surface area contributed by atoms with Crippen LogP contribution in [-0.2, 0) is 19.0 Å².